The minimum absolute atomic E-state index is 0.0398. The molecule has 0 N–H and O–H groups in total. The molecule has 0 bridgehead atoms. The summed E-state index contributed by atoms with van der Waals surface area (Å²) in [5.74, 6) is -0.710. The first-order chi connectivity index (χ1) is 14.5. The third-order valence-electron chi connectivity index (χ3n) is 5.15. The van der Waals surface area contributed by atoms with E-state index in [9.17, 15) is 9.18 Å². The molecule has 166 valence electrons. The Morgan fingerprint density at radius 2 is 1.87 bits per heavy atom. The smallest absolute Gasteiger partial charge is 0.463 e. The minimum Gasteiger partial charge on any atom is -0.463 e. The summed E-state index contributed by atoms with van der Waals surface area (Å²) < 4.78 is 42.6. The lowest BCUT2D eigenvalue weighted by atomic mass is 9.78. The molecule has 1 aromatic heterocycles. The van der Waals surface area contributed by atoms with E-state index in [1.54, 1.807) is 19.1 Å². The molecule has 2 heterocycles. The van der Waals surface area contributed by atoms with Crippen LogP contribution in [0.5, 0.6) is 17.4 Å². The number of pyridine rings is 1. The van der Waals surface area contributed by atoms with E-state index in [0.29, 0.717) is 0 Å². The fraction of sp³-hybridized carbons (Fsp3) is 0.429. The molecule has 1 aromatic carbocycles. The van der Waals surface area contributed by atoms with E-state index in [1.807, 2.05) is 27.7 Å². The maximum atomic E-state index is 14.7. The number of ether oxygens (including phenoxy) is 3. The zero-order chi connectivity index (χ0) is 22.8. The predicted octanol–water partition coefficient (Wildman–Crippen LogP) is 3.91. The van der Waals surface area contributed by atoms with Gasteiger partial charge in [-0.1, -0.05) is 11.6 Å². The Kier molecular flexibility index (Phi) is 6.78. The van der Waals surface area contributed by atoms with E-state index in [0.717, 1.165) is 6.07 Å². The van der Waals surface area contributed by atoms with Crippen LogP contribution in [-0.2, 0) is 18.8 Å². The number of nitrogens with zero attached hydrogens (tertiary/aromatic N) is 1. The van der Waals surface area contributed by atoms with Crippen molar-refractivity contribution >= 4 is 30.2 Å². The highest BCUT2D eigenvalue weighted by atomic mass is 35.5. The van der Waals surface area contributed by atoms with Crippen LogP contribution in [0.4, 0.5) is 4.39 Å². The molecule has 1 aliphatic rings. The zero-order valence-electron chi connectivity index (χ0n) is 18.0. The van der Waals surface area contributed by atoms with E-state index >= 15 is 0 Å². The molecule has 31 heavy (non-hydrogen) atoms. The van der Waals surface area contributed by atoms with Gasteiger partial charge in [0.1, 0.15) is 11.6 Å². The van der Waals surface area contributed by atoms with Crippen molar-refractivity contribution in [2.45, 2.75) is 45.8 Å². The maximum absolute atomic E-state index is 14.7. The molecule has 10 heteroatoms. The summed E-state index contributed by atoms with van der Waals surface area (Å²) in [4.78, 5) is 15.6. The van der Waals surface area contributed by atoms with Gasteiger partial charge in [-0.15, -0.1) is 0 Å². The van der Waals surface area contributed by atoms with Gasteiger partial charge in [0, 0.05) is 11.7 Å². The molecule has 7 nitrogen and oxygen atoms in total. The van der Waals surface area contributed by atoms with Crippen molar-refractivity contribution in [2.24, 2.45) is 0 Å². The Balaban J connectivity index is 1.85. The fourth-order valence-corrected chi connectivity index (χ4v) is 2.97. The van der Waals surface area contributed by atoms with Gasteiger partial charge in [-0.25, -0.2) is 14.2 Å². The molecular formula is C21H24BClFNO6. The van der Waals surface area contributed by atoms with Crippen molar-refractivity contribution < 1.29 is 32.7 Å². The van der Waals surface area contributed by atoms with Gasteiger partial charge in [0.05, 0.1) is 22.8 Å². The number of hydrogen-bond acceptors (Lipinski definition) is 7. The van der Waals surface area contributed by atoms with Crippen molar-refractivity contribution in [1.29, 1.82) is 0 Å². The number of carbonyl (C=O) groups is 1. The van der Waals surface area contributed by atoms with Crippen LogP contribution in [0.1, 0.15) is 34.6 Å². The van der Waals surface area contributed by atoms with Crippen LogP contribution in [0.2, 0.25) is 5.02 Å². The van der Waals surface area contributed by atoms with Crippen molar-refractivity contribution in [2.75, 3.05) is 13.2 Å². The highest BCUT2D eigenvalue weighted by Crippen LogP contribution is 2.38. The number of benzene rings is 1. The van der Waals surface area contributed by atoms with E-state index < -0.39 is 30.1 Å². The summed E-state index contributed by atoms with van der Waals surface area (Å²) >= 11 is 6.21. The van der Waals surface area contributed by atoms with Crippen LogP contribution >= 0.6 is 11.6 Å². The second kappa shape index (κ2) is 9.02. The first kappa shape index (κ1) is 23.3. The van der Waals surface area contributed by atoms with E-state index in [2.05, 4.69) is 4.98 Å². The molecule has 0 radical (unpaired) electrons. The van der Waals surface area contributed by atoms with Crippen LogP contribution in [-0.4, -0.2) is 42.5 Å². The lowest BCUT2D eigenvalue weighted by Crippen LogP contribution is -2.41. The Labute approximate surface area is 185 Å². The normalized spacial score (nSPS) is 16.8. The third-order valence-corrected chi connectivity index (χ3v) is 5.44. The summed E-state index contributed by atoms with van der Waals surface area (Å²) in [6.07, 6.45) is 1.48. The first-order valence-electron chi connectivity index (χ1n) is 9.80. The third kappa shape index (κ3) is 5.11. The zero-order valence-corrected chi connectivity index (χ0v) is 18.8. The van der Waals surface area contributed by atoms with Crippen LogP contribution in [0.15, 0.2) is 30.5 Å². The van der Waals surface area contributed by atoms with Gasteiger partial charge in [0.25, 0.3) is 5.88 Å². The molecule has 2 aromatic rings. The SMILES string of the molecule is CCOC(=O)COc1ncccc1Oc1cc(B2OC(C)(C)C(C)(C)O2)c(F)cc1Cl. The number of carbonyl (C=O) groups excluding carboxylic acids is 1. The standard InChI is InChI=1S/C21H24BClFNO6/c1-6-27-18(26)12-28-19-16(8-7-9-25-19)29-17-10-13(15(24)11-14(17)23)22-30-20(2,3)21(4,5)31-22/h7-11H,6,12H2,1-5H3. The van der Waals surface area contributed by atoms with E-state index in [-0.39, 0.29) is 41.1 Å². The van der Waals surface area contributed by atoms with Gasteiger partial charge < -0.3 is 23.5 Å². The van der Waals surface area contributed by atoms with Crippen molar-refractivity contribution in [1.82, 2.24) is 4.98 Å². The Morgan fingerprint density at radius 3 is 2.52 bits per heavy atom. The molecule has 0 amide bonds. The second-order valence-corrected chi connectivity index (χ2v) is 8.30. The molecule has 0 atom stereocenters. The quantitative estimate of drug-likeness (QED) is 0.467. The lowest BCUT2D eigenvalue weighted by molar-refractivity contribution is -0.145. The average Bonchev–Trinajstić information content (AvgIpc) is 2.90. The maximum Gasteiger partial charge on any atom is 0.497 e. The number of rotatable bonds is 7. The van der Waals surface area contributed by atoms with E-state index in [1.165, 1.54) is 12.3 Å². The number of esters is 1. The van der Waals surface area contributed by atoms with Gasteiger partial charge in [0.15, 0.2) is 12.4 Å². The molecule has 0 unspecified atom stereocenters. The first-order valence-corrected chi connectivity index (χ1v) is 10.2. The molecular weight excluding hydrogens is 427 g/mol. The number of aromatic nitrogens is 1. The highest BCUT2D eigenvalue weighted by molar-refractivity contribution is 6.62. The number of halogens is 2. The largest absolute Gasteiger partial charge is 0.497 e. The molecule has 1 saturated heterocycles. The van der Waals surface area contributed by atoms with Gasteiger partial charge in [0.2, 0.25) is 0 Å². The highest BCUT2D eigenvalue weighted by Gasteiger charge is 2.52. The van der Waals surface area contributed by atoms with Crippen LogP contribution in [0, 0.1) is 5.82 Å². The van der Waals surface area contributed by atoms with Crippen LogP contribution in [0.25, 0.3) is 0 Å². The predicted molar refractivity (Wildman–Crippen MR) is 114 cm³/mol. The van der Waals surface area contributed by atoms with Gasteiger partial charge >= 0.3 is 13.1 Å². The lowest BCUT2D eigenvalue weighted by Gasteiger charge is -2.32. The molecule has 0 saturated carbocycles. The topological polar surface area (TPSA) is 76.1 Å². The molecule has 3 rings (SSSR count). The van der Waals surface area contributed by atoms with Crippen LogP contribution < -0.4 is 14.9 Å². The molecule has 1 aliphatic heterocycles. The Morgan fingerprint density at radius 1 is 1.19 bits per heavy atom. The fourth-order valence-electron chi connectivity index (χ4n) is 2.78. The van der Waals surface area contributed by atoms with Gasteiger partial charge in [-0.3, -0.25) is 0 Å². The molecule has 1 fully saturated rings. The molecule has 0 aliphatic carbocycles. The van der Waals surface area contributed by atoms with E-state index in [4.69, 9.17) is 35.1 Å². The summed E-state index contributed by atoms with van der Waals surface area (Å²) in [5, 5.41) is 0.0398. The van der Waals surface area contributed by atoms with Crippen molar-refractivity contribution in [3.05, 3.63) is 41.3 Å². The molecule has 0 spiro atoms. The summed E-state index contributed by atoms with van der Waals surface area (Å²) in [7, 11) is -0.932. The van der Waals surface area contributed by atoms with Gasteiger partial charge in [-0.2, -0.15) is 0 Å². The summed E-state index contributed by atoms with van der Waals surface area (Å²) in [6, 6.07) is 5.76. The van der Waals surface area contributed by atoms with Gasteiger partial charge in [-0.05, 0) is 58.9 Å². The summed E-state index contributed by atoms with van der Waals surface area (Å²) in [5.41, 5.74) is -1.12. The van der Waals surface area contributed by atoms with Crippen molar-refractivity contribution in [3.8, 4) is 17.4 Å². The van der Waals surface area contributed by atoms with Crippen molar-refractivity contribution in [3.63, 3.8) is 0 Å². The second-order valence-electron chi connectivity index (χ2n) is 7.89. The number of hydrogen-bond donors (Lipinski definition) is 0. The minimum atomic E-state index is -0.932. The Bertz CT molecular complexity index is 955. The Hall–Kier alpha value is -2.36. The average molecular weight is 452 g/mol. The summed E-state index contributed by atoms with van der Waals surface area (Å²) in [6.45, 7) is 9.10. The monoisotopic (exact) mass is 451 g/mol. The van der Waals surface area contributed by atoms with Crippen LogP contribution in [0.3, 0.4) is 0 Å².